The van der Waals surface area contributed by atoms with Crippen LogP contribution >= 0.6 is 0 Å². The lowest BCUT2D eigenvalue weighted by Gasteiger charge is -2.30. The Bertz CT molecular complexity index is 848. The molecule has 0 saturated heterocycles. The first-order valence-electron chi connectivity index (χ1n) is 7.80. The number of esters is 1. The number of Topliss-reactive ketones (excluding diaryl/α,β-unsaturated/α-hetero) is 1. The highest BCUT2D eigenvalue weighted by atomic mass is 16.5. The van der Waals surface area contributed by atoms with E-state index in [1.807, 2.05) is 31.2 Å². The third-order valence-corrected chi connectivity index (χ3v) is 4.51. The van der Waals surface area contributed by atoms with Crippen LogP contribution in [0.1, 0.15) is 30.9 Å². The van der Waals surface area contributed by atoms with E-state index in [9.17, 15) is 20.1 Å². The minimum Gasteiger partial charge on any atom is -0.468 e. The van der Waals surface area contributed by atoms with E-state index in [1.165, 1.54) is 14.0 Å². The van der Waals surface area contributed by atoms with Gasteiger partial charge in [0.2, 0.25) is 0 Å². The summed E-state index contributed by atoms with van der Waals surface area (Å²) in [5.74, 6) is -0.692. The number of ketones is 1. The summed E-state index contributed by atoms with van der Waals surface area (Å²) < 4.78 is 4.99. The van der Waals surface area contributed by atoms with Gasteiger partial charge in [0.1, 0.15) is 23.1 Å². The van der Waals surface area contributed by atoms with Gasteiger partial charge in [-0.3, -0.25) is 9.59 Å². The zero-order chi connectivity index (χ0) is 18.6. The van der Waals surface area contributed by atoms with Gasteiger partial charge in [0, 0.05) is 5.57 Å². The molecule has 0 radical (unpaired) electrons. The number of hydrogen-bond acceptors (Lipinski definition) is 5. The van der Waals surface area contributed by atoms with Crippen LogP contribution in [0.4, 0.5) is 0 Å². The first kappa shape index (κ1) is 18.2. The highest BCUT2D eigenvalue weighted by molar-refractivity contribution is 6.02. The fourth-order valence-corrected chi connectivity index (χ4v) is 3.20. The molecule has 0 heterocycles. The summed E-state index contributed by atoms with van der Waals surface area (Å²) in [6.45, 7) is 3.35. The van der Waals surface area contributed by atoms with Crippen molar-refractivity contribution in [2.45, 2.75) is 26.7 Å². The van der Waals surface area contributed by atoms with Crippen LogP contribution in [0, 0.1) is 35.0 Å². The van der Waals surface area contributed by atoms with Crippen LogP contribution in [0.3, 0.4) is 0 Å². The summed E-state index contributed by atoms with van der Waals surface area (Å²) in [6, 6.07) is 11.0. The number of carbonyl (C=O) groups excluding carboxylic acids is 2. The largest absolute Gasteiger partial charge is 0.468 e. The Kier molecular flexibility index (Phi) is 5.20. The van der Waals surface area contributed by atoms with Gasteiger partial charge in [-0.25, -0.2) is 0 Å². The molecule has 1 aliphatic carbocycles. The van der Waals surface area contributed by atoms with Gasteiger partial charge >= 0.3 is 5.97 Å². The lowest BCUT2D eigenvalue weighted by molar-refractivity contribution is -0.148. The molecular formula is C20H18N2O3. The van der Waals surface area contributed by atoms with Gasteiger partial charge in [-0.2, -0.15) is 10.5 Å². The van der Waals surface area contributed by atoms with Gasteiger partial charge in [-0.05, 0) is 37.8 Å². The Labute approximate surface area is 146 Å². The number of carbonyl (C=O) groups is 2. The predicted octanol–water partition coefficient (Wildman–Crippen LogP) is 3.26. The van der Waals surface area contributed by atoms with E-state index in [4.69, 9.17) is 4.74 Å². The zero-order valence-corrected chi connectivity index (χ0v) is 14.4. The van der Waals surface area contributed by atoms with Crippen molar-refractivity contribution in [3.63, 3.8) is 0 Å². The monoisotopic (exact) mass is 334 g/mol. The summed E-state index contributed by atoms with van der Waals surface area (Å²) in [4.78, 5) is 24.5. The normalized spacial score (nSPS) is 18.5. The molecular weight excluding hydrogens is 316 g/mol. The van der Waals surface area contributed by atoms with Crippen LogP contribution < -0.4 is 0 Å². The van der Waals surface area contributed by atoms with Crippen LogP contribution in [-0.2, 0) is 14.3 Å². The highest BCUT2D eigenvalue weighted by Crippen LogP contribution is 2.50. The number of methoxy groups -OCH3 is 1. The maximum atomic E-state index is 12.7. The SMILES string of the molecule is COC(=O)[C@]1(C(=C(C#N)C#N)c2ccc(C)cc2)CC=C(C(C)=O)C1. The number of nitrogens with zero attached hydrogens (tertiary/aromatic N) is 2. The molecule has 126 valence electrons. The Morgan fingerprint density at radius 2 is 1.76 bits per heavy atom. The van der Waals surface area contributed by atoms with Gasteiger partial charge in [0.25, 0.3) is 0 Å². The second kappa shape index (κ2) is 7.15. The second-order valence-electron chi connectivity index (χ2n) is 6.08. The van der Waals surface area contributed by atoms with Crippen LogP contribution in [0.25, 0.3) is 5.57 Å². The molecule has 0 aliphatic heterocycles. The first-order chi connectivity index (χ1) is 11.9. The molecule has 0 spiro atoms. The molecule has 0 bridgehead atoms. The number of hydrogen-bond donors (Lipinski definition) is 0. The molecule has 2 rings (SSSR count). The Hall–Kier alpha value is -3.18. The van der Waals surface area contributed by atoms with Crippen molar-refractivity contribution in [2.75, 3.05) is 7.11 Å². The minimum absolute atomic E-state index is 0.116. The molecule has 1 aliphatic rings. The second-order valence-corrected chi connectivity index (χ2v) is 6.08. The summed E-state index contributed by atoms with van der Waals surface area (Å²) in [5, 5.41) is 18.9. The van der Waals surface area contributed by atoms with E-state index in [1.54, 1.807) is 18.2 Å². The summed E-state index contributed by atoms with van der Waals surface area (Å²) in [6.07, 6.45) is 2.02. The molecule has 1 aromatic carbocycles. The van der Waals surface area contributed by atoms with Crippen molar-refractivity contribution in [3.8, 4) is 12.1 Å². The average molecular weight is 334 g/mol. The van der Waals surface area contributed by atoms with E-state index < -0.39 is 11.4 Å². The van der Waals surface area contributed by atoms with E-state index in [2.05, 4.69) is 0 Å². The third-order valence-electron chi connectivity index (χ3n) is 4.51. The number of ether oxygens (including phenoxy) is 1. The Balaban J connectivity index is 2.74. The number of aryl methyl sites for hydroxylation is 1. The molecule has 0 saturated carbocycles. The van der Waals surface area contributed by atoms with Gasteiger partial charge in [-0.1, -0.05) is 35.9 Å². The molecule has 0 amide bonds. The summed E-state index contributed by atoms with van der Waals surface area (Å²) >= 11 is 0. The van der Waals surface area contributed by atoms with Crippen molar-refractivity contribution in [1.29, 1.82) is 10.5 Å². The van der Waals surface area contributed by atoms with Crippen LogP contribution in [0.5, 0.6) is 0 Å². The maximum absolute atomic E-state index is 12.7. The molecule has 0 N–H and O–H groups in total. The van der Waals surface area contributed by atoms with E-state index in [0.717, 1.165) is 5.56 Å². The van der Waals surface area contributed by atoms with E-state index >= 15 is 0 Å². The topological polar surface area (TPSA) is 90.9 Å². The zero-order valence-electron chi connectivity index (χ0n) is 14.4. The smallest absolute Gasteiger partial charge is 0.317 e. The standard InChI is InChI=1S/C20H18N2O3/c1-13-4-6-15(7-5-13)18(17(11-21)12-22)20(19(24)25-3)9-8-16(10-20)14(2)23/h4-8H,9-10H2,1-3H3/t20-/m1/s1. The first-order valence-corrected chi connectivity index (χ1v) is 7.80. The number of benzene rings is 1. The molecule has 1 aromatic rings. The minimum atomic E-state index is -1.24. The molecule has 0 aromatic heterocycles. The van der Waals surface area contributed by atoms with Crippen LogP contribution in [0.15, 0.2) is 41.5 Å². The average Bonchev–Trinajstić information content (AvgIpc) is 3.06. The predicted molar refractivity (Wildman–Crippen MR) is 91.8 cm³/mol. The van der Waals surface area contributed by atoms with E-state index in [-0.39, 0.29) is 24.2 Å². The molecule has 5 heteroatoms. The van der Waals surface area contributed by atoms with Crippen LogP contribution in [-0.4, -0.2) is 18.9 Å². The van der Waals surface area contributed by atoms with Crippen molar-refractivity contribution >= 4 is 17.3 Å². The number of nitriles is 2. The van der Waals surface area contributed by atoms with Gasteiger partial charge in [-0.15, -0.1) is 0 Å². The Morgan fingerprint density at radius 3 is 2.20 bits per heavy atom. The molecule has 1 atom stereocenters. The lowest BCUT2D eigenvalue weighted by Crippen LogP contribution is -2.32. The fraction of sp³-hybridized carbons (Fsp3) is 0.300. The fourth-order valence-electron chi connectivity index (χ4n) is 3.20. The van der Waals surface area contributed by atoms with Gasteiger partial charge in [0.05, 0.1) is 7.11 Å². The maximum Gasteiger partial charge on any atom is 0.317 e. The number of rotatable bonds is 4. The van der Waals surface area contributed by atoms with Gasteiger partial charge < -0.3 is 4.74 Å². The van der Waals surface area contributed by atoms with E-state index in [0.29, 0.717) is 16.7 Å². The lowest BCUT2D eigenvalue weighted by atomic mass is 9.72. The molecule has 5 nitrogen and oxygen atoms in total. The molecule has 0 unspecified atom stereocenters. The van der Waals surface area contributed by atoms with Crippen LogP contribution in [0.2, 0.25) is 0 Å². The van der Waals surface area contributed by atoms with Gasteiger partial charge in [0.15, 0.2) is 5.78 Å². The molecule has 25 heavy (non-hydrogen) atoms. The quantitative estimate of drug-likeness (QED) is 0.622. The van der Waals surface area contributed by atoms with Crippen molar-refractivity contribution in [1.82, 2.24) is 0 Å². The third kappa shape index (κ3) is 3.22. The van der Waals surface area contributed by atoms with Crippen molar-refractivity contribution < 1.29 is 14.3 Å². The van der Waals surface area contributed by atoms with Crippen molar-refractivity contribution in [3.05, 3.63) is 52.6 Å². The van der Waals surface area contributed by atoms with Crippen molar-refractivity contribution in [2.24, 2.45) is 5.41 Å². The number of allylic oxidation sites excluding steroid dienone is 3. The Morgan fingerprint density at radius 1 is 1.16 bits per heavy atom. The molecule has 0 fully saturated rings. The highest BCUT2D eigenvalue weighted by Gasteiger charge is 2.48. The summed E-state index contributed by atoms with van der Waals surface area (Å²) in [7, 11) is 1.26. The summed E-state index contributed by atoms with van der Waals surface area (Å²) in [5.41, 5.74) is 1.05.